The van der Waals surface area contributed by atoms with E-state index in [2.05, 4.69) is 63.8 Å². The number of benzene rings is 2. The molecule has 0 unspecified atom stereocenters. The molecular formula is C25H28BrF3N2O3. The number of carboxylic acids is 1. The molecular weight excluding hydrogens is 513 g/mol. The molecule has 0 bridgehead atoms. The van der Waals surface area contributed by atoms with Crippen LogP contribution in [0.2, 0.25) is 0 Å². The van der Waals surface area contributed by atoms with Gasteiger partial charge in [-0.15, -0.1) is 0 Å². The van der Waals surface area contributed by atoms with Gasteiger partial charge in [0.15, 0.2) is 0 Å². The number of aryl methyl sites for hydroxylation is 2. The smallest absolute Gasteiger partial charge is 0.490 e. The van der Waals surface area contributed by atoms with Crippen molar-refractivity contribution in [3.05, 3.63) is 70.6 Å². The molecule has 3 rings (SSSR count). The van der Waals surface area contributed by atoms with E-state index in [-0.39, 0.29) is 0 Å². The minimum absolute atomic E-state index is 0.908. The van der Waals surface area contributed by atoms with Crippen LogP contribution in [0.3, 0.4) is 0 Å². The van der Waals surface area contributed by atoms with Crippen molar-refractivity contribution in [3.63, 3.8) is 0 Å². The van der Waals surface area contributed by atoms with Crippen molar-refractivity contribution >= 4 is 21.9 Å². The lowest BCUT2D eigenvalue weighted by Crippen LogP contribution is -2.21. The molecule has 0 atom stereocenters. The number of unbranched alkanes of at least 4 members (excludes halogenated alkanes) is 2. The number of hydrogen-bond donors (Lipinski definition) is 1. The van der Waals surface area contributed by atoms with Crippen LogP contribution in [0.15, 0.2) is 59.3 Å². The number of carboxylic acid groups (broad SMARTS) is 1. The molecule has 2 aromatic carbocycles. The van der Waals surface area contributed by atoms with Gasteiger partial charge in [0.1, 0.15) is 5.75 Å². The maximum Gasteiger partial charge on any atom is 0.490 e. The van der Waals surface area contributed by atoms with Crippen LogP contribution in [0.25, 0.3) is 11.3 Å². The molecule has 0 amide bonds. The van der Waals surface area contributed by atoms with Gasteiger partial charge in [0.05, 0.1) is 19.1 Å². The Bertz CT molecular complexity index is 1050. The number of aliphatic carboxylic acids is 1. The van der Waals surface area contributed by atoms with Gasteiger partial charge in [-0.25, -0.2) is 9.78 Å². The Morgan fingerprint density at radius 1 is 1.09 bits per heavy atom. The summed E-state index contributed by atoms with van der Waals surface area (Å²) in [6, 6.07) is 16.7. The third-order valence-electron chi connectivity index (χ3n) is 5.14. The van der Waals surface area contributed by atoms with Crippen LogP contribution in [0.1, 0.15) is 37.4 Å². The number of carbonyl (C=O) groups is 1. The van der Waals surface area contributed by atoms with E-state index in [9.17, 15) is 13.2 Å². The molecule has 1 heterocycles. The molecule has 184 valence electrons. The number of alkyl halides is 3. The molecule has 0 aliphatic heterocycles. The summed E-state index contributed by atoms with van der Waals surface area (Å²) in [4.78, 5) is 13.7. The number of ether oxygens (including phenoxy) is 1. The summed E-state index contributed by atoms with van der Waals surface area (Å²) in [5.74, 6) is -1.80. The number of halogens is 4. The number of para-hydroxylation sites is 1. The normalized spacial score (nSPS) is 11.0. The van der Waals surface area contributed by atoms with Crippen molar-refractivity contribution in [1.82, 2.24) is 9.55 Å². The first kappa shape index (κ1) is 27.4. The summed E-state index contributed by atoms with van der Waals surface area (Å²) >= 11 is 3.52. The zero-order valence-electron chi connectivity index (χ0n) is 19.1. The molecule has 0 spiro atoms. The van der Waals surface area contributed by atoms with Crippen molar-refractivity contribution in [2.45, 2.75) is 51.7 Å². The molecule has 9 heteroatoms. The Morgan fingerprint density at radius 3 is 2.32 bits per heavy atom. The Balaban J connectivity index is 0.000000509. The average Bonchev–Trinajstić information content (AvgIpc) is 3.21. The average molecular weight is 541 g/mol. The summed E-state index contributed by atoms with van der Waals surface area (Å²) in [5.41, 5.74) is 4.86. The van der Waals surface area contributed by atoms with Crippen molar-refractivity contribution in [2.75, 3.05) is 7.11 Å². The monoisotopic (exact) mass is 540 g/mol. The summed E-state index contributed by atoms with van der Waals surface area (Å²) in [6.07, 6.45) is 2.57. The quantitative estimate of drug-likeness (QED) is 0.299. The lowest BCUT2D eigenvalue weighted by molar-refractivity contribution is -0.192. The van der Waals surface area contributed by atoms with Crippen molar-refractivity contribution in [1.29, 1.82) is 0 Å². The minimum atomic E-state index is -5.08. The lowest BCUT2D eigenvalue weighted by atomic mass is 10.1. The van der Waals surface area contributed by atoms with E-state index in [0.29, 0.717) is 0 Å². The first-order valence-electron chi connectivity index (χ1n) is 10.9. The van der Waals surface area contributed by atoms with E-state index in [4.69, 9.17) is 19.6 Å². The Labute approximate surface area is 205 Å². The van der Waals surface area contributed by atoms with E-state index < -0.39 is 12.1 Å². The second-order valence-electron chi connectivity index (χ2n) is 7.56. The number of aromatic nitrogens is 2. The zero-order valence-corrected chi connectivity index (χ0v) is 20.7. The Kier molecular flexibility index (Phi) is 10.6. The minimum Gasteiger partial charge on any atom is -0.496 e. The van der Waals surface area contributed by atoms with Gasteiger partial charge >= 0.3 is 12.1 Å². The van der Waals surface area contributed by atoms with Gasteiger partial charge in [-0.2, -0.15) is 13.2 Å². The molecule has 34 heavy (non-hydrogen) atoms. The van der Waals surface area contributed by atoms with Crippen molar-refractivity contribution < 1.29 is 27.8 Å². The molecule has 0 fully saturated rings. The number of hydrogen-bond acceptors (Lipinski definition) is 3. The van der Waals surface area contributed by atoms with Crippen LogP contribution >= 0.6 is 15.9 Å². The van der Waals surface area contributed by atoms with Gasteiger partial charge in [0.25, 0.3) is 0 Å². The van der Waals surface area contributed by atoms with Crippen LogP contribution in [0, 0.1) is 0 Å². The molecule has 0 saturated heterocycles. The second-order valence-corrected chi connectivity index (χ2v) is 8.48. The first-order valence-corrected chi connectivity index (χ1v) is 11.7. The Hall–Kier alpha value is -2.81. The van der Waals surface area contributed by atoms with E-state index in [1.807, 2.05) is 18.5 Å². The third kappa shape index (κ3) is 8.20. The van der Waals surface area contributed by atoms with Crippen molar-refractivity contribution in [3.8, 4) is 17.0 Å². The van der Waals surface area contributed by atoms with E-state index >= 15 is 0 Å². The van der Waals surface area contributed by atoms with E-state index in [1.165, 1.54) is 36.1 Å². The predicted molar refractivity (Wildman–Crippen MR) is 129 cm³/mol. The number of nitrogens with zero attached hydrogens (tertiary/aromatic N) is 2. The SMILES string of the molecule is CCCCCc1c(-c2ccc(Br)cc2)ncn1CCc1ccccc1OC.O=C(O)C(F)(F)F. The highest BCUT2D eigenvalue weighted by atomic mass is 79.9. The topological polar surface area (TPSA) is 64.4 Å². The summed E-state index contributed by atoms with van der Waals surface area (Å²) in [5, 5.41) is 7.12. The molecule has 0 aliphatic rings. The number of rotatable bonds is 9. The predicted octanol–water partition coefficient (Wildman–Crippen LogP) is 6.93. The molecule has 1 aromatic heterocycles. The highest BCUT2D eigenvalue weighted by molar-refractivity contribution is 9.10. The fraction of sp³-hybridized carbons (Fsp3) is 0.360. The summed E-state index contributed by atoms with van der Waals surface area (Å²) in [7, 11) is 1.73. The van der Waals surface area contributed by atoms with Gasteiger partial charge in [0, 0.05) is 22.3 Å². The highest BCUT2D eigenvalue weighted by Crippen LogP contribution is 2.26. The van der Waals surface area contributed by atoms with Gasteiger partial charge < -0.3 is 14.4 Å². The van der Waals surface area contributed by atoms with Gasteiger partial charge in [0.2, 0.25) is 0 Å². The van der Waals surface area contributed by atoms with E-state index in [0.717, 1.165) is 35.3 Å². The fourth-order valence-corrected chi connectivity index (χ4v) is 3.67. The maximum absolute atomic E-state index is 10.6. The standard InChI is InChI=1S/C23H27BrN2O.C2HF3O2/c1-3-4-5-9-21-23(19-11-13-20(24)14-12-19)25-17-26(21)16-15-18-8-6-7-10-22(18)27-2;3-2(4,5)1(6)7/h6-8,10-14,17H,3-5,9,15-16H2,1-2H3;(H,6,7). The number of imidazole rings is 1. The fourth-order valence-electron chi connectivity index (χ4n) is 3.40. The zero-order chi connectivity index (χ0) is 25.1. The largest absolute Gasteiger partial charge is 0.496 e. The first-order chi connectivity index (χ1) is 16.2. The van der Waals surface area contributed by atoms with Gasteiger partial charge in [-0.1, -0.05) is 66.0 Å². The van der Waals surface area contributed by atoms with Gasteiger partial charge in [-0.05, 0) is 43.0 Å². The highest BCUT2D eigenvalue weighted by Gasteiger charge is 2.38. The van der Waals surface area contributed by atoms with Crippen LogP contribution in [-0.2, 0) is 24.2 Å². The molecule has 0 saturated carbocycles. The lowest BCUT2D eigenvalue weighted by Gasteiger charge is -2.12. The molecule has 3 aromatic rings. The molecule has 0 aliphatic carbocycles. The van der Waals surface area contributed by atoms with Crippen LogP contribution in [0.5, 0.6) is 5.75 Å². The van der Waals surface area contributed by atoms with Gasteiger partial charge in [-0.3, -0.25) is 0 Å². The van der Waals surface area contributed by atoms with Crippen LogP contribution < -0.4 is 4.74 Å². The Morgan fingerprint density at radius 2 is 1.74 bits per heavy atom. The molecule has 5 nitrogen and oxygen atoms in total. The van der Waals surface area contributed by atoms with Crippen LogP contribution in [-0.4, -0.2) is 33.9 Å². The second kappa shape index (κ2) is 13.2. The van der Waals surface area contributed by atoms with Crippen molar-refractivity contribution in [2.24, 2.45) is 0 Å². The molecule has 1 N–H and O–H groups in total. The molecule has 0 radical (unpaired) electrons. The van der Waals surface area contributed by atoms with E-state index in [1.54, 1.807) is 7.11 Å². The maximum atomic E-state index is 10.6. The number of methoxy groups -OCH3 is 1. The summed E-state index contributed by atoms with van der Waals surface area (Å²) in [6.45, 7) is 3.15. The van der Waals surface area contributed by atoms with Crippen LogP contribution in [0.4, 0.5) is 13.2 Å². The summed E-state index contributed by atoms with van der Waals surface area (Å²) < 4.78 is 40.6. The third-order valence-corrected chi connectivity index (χ3v) is 5.67.